The third-order valence-electron chi connectivity index (χ3n) is 8.44. The predicted molar refractivity (Wildman–Crippen MR) is 112 cm³/mol. The van der Waals surface area contributed by atoms with Crippen LogP contribution in [0, 0.1) is 23.2 Å². The molecule has 1 heterocycles. The molecule has 2 saturated carbocycles. The van der Waals surface area contributed by atoms with Crippen molar-refractivity contribution in [3.05, 3.63) is 23.7 Å². The highest BCUT2D eigenvalue weighted by Crippen LogP contribution is 2.63. The lowest BCUT2D eigenvalue weighted by atomic mass is 9.44. The molecule has 0 saturated heterocycles. The molecule has 0 bridgehead atoms. The van der Waals surface area contributed by atoms with Crippen LogP contribution in [0.1, 0.15) is 58.8 Å². The Kier molecular flexibility index (Phi) is 5.50. The lowest BCUT2D eigenvalue weighted by Crippen LogP contribution is -2.77. The fourth-order valence-corrected chi connectivity index (χ4v) is 6.94. The highest BCUT2D eigenvalue weighted by Gasteiger charge is 2.73. The molecule has 4 rings (SSSR count). The van der Waals surface area contributed by atoms with Crippen LogP contribution in [-0.2, 0) is 35.8 Å². The van der Waals surface area contributed by atoms with Crippen molar-refractivity contribution in [1.82, 2.24) is 0 Å². The van der Waals surface area contributed by atoms with E-state index < -0.39 is 58.7 Å². The summed E-state index contributed by atoms with van der Waals surface area (Å²) in [4.78, 5) is 24.5. The van der Waals surface area contributed by atoms with Crippen molar-refractivity contribution in [2.75, 3.05) is 7.11 Å². The van der Waals surface area contributed by atoms with Gasteiger partial charge in [0.15, 0.2) is 6.10 Å². The molecule has 0 aromatic carbocycles. The Hall–Kier alpha value is -1.90. The molecule has 32 heavy (non-hydrogen) atoms. The zero-order chi connectivity index (χ0) is 23.6. The number of carbonyl (C=O) groups is 2. The van der Waals surface area contributed by atoms with Crippen LogP contribution < -0.4 is 0 Å². The highest BCUT2D eigenvalue weighted by atomic mass is 16.6. The first kappa shape index (κ1) is 23.3. The van der Waals surface area contributed by atoms with Gasteiger partial charge in [0.1, 0.15) is 23.1 Å². The third-order valence-corrected chi connectivity index (χ3v) is 8.44. The van der Waals surface area contributed by atoms with E-state index in [4.69, 9.17) is 18.6 Å². The summed E-state index contributed by atoms with van der Waals surface area (Å²) in [6, 6.07) is 1.84. The highest BCUT2D eigenvalue weighted by molar-refractivity contribution is 5.68. The van der Waals surface area contributed by atoms with Crippen molar-refractivity contribution < 1.29 is 38.4 Å². The van der Waals surface area contributed by atoms with Crippen LogP contribution in [0.15, 0.2) is 16.7 Å². The van der Waals surface area contributed by atoms with Gasteiger partial charge in [-0.15, -0.1) is 0 Å². The summed E-state index contributed by atoms with van der Waals surface area (Å²) in [5.41, 5.74) is -2.47. The van der Waals surface area contributed by atoms with Crippen LogP contribution in [0.2, 0.25) is 0 Å². The van der Waals surface area contributed by atoms with E-state index in [1.807, 2.05) is 26.8 Å². The maximum atomic E-state index is 12.4. The molecule has 178 valence electrons. The van der Waals surface area contributed by atoms with Crippen molar-refractivity contribution in [3.63, 3.8) is 0 Å². The van der Waals surface area contributed by atoms with Crippen molar-refractivity contribution in [1.29, 1.82) is 0 Å². The van der Waals surface area contributed by atoms with E-state index in [0.29, 0.717) is 19.3 Å². The molecular weight excluding hydrogens is 416 g/mol. The second-order valence-corrected chi connectivity index (χ2v) is 10.4. The smallest absolute Gasteiger partial charge is 0.303 e. The molecule has 3 aliphatic carbocycles. The Morgan fingerprint density at radius 2 is 1.78 bits per heavy atom. The van der Waals surface area contributed by atoms with E-state index in [1.54, 1.807) is 13.4 Å². The lowest BCUT2D eigenvalue weighted by Gasteiger charge is -2.65. The number of ether oxygens (including phenoxy) is 3. The van der Waals surface area contributed by atoms with Gasteiger partial charge in [0.25, 0.3) is 0 Å². The molecule has 0 amide bonds. The first-order valence-electron chi connectivity index (χ1n) is 11.3. The first-order chi connectivity index (χ1) is 14.9. The number of methoxy groups -OCH3 is 1. The molecule has 3 aliphatic rings. The molecule has 2 fully saturated rings. The minimum Gasteiger partial charge on any atom is -0.469 e. The van der Waals surface area contributed by atoms with E-state index >= 15 is 0 Å². The van der Waals surface area contributed by atoms with Gasteiger partial charge < -0.3 is 28.8 Å². The van der Waals surface area contributed by atoms with Gasteiger partial charge in [0, 0.05) is 44.8 Å². The SMILES string of the molecule is CO[C@]1(C)c2ccoc2C[C@@H]2C3C(O)CCC(C)(C)[C@]3(O)[C@@H](OC(C)=O)[C@H](OC(C)=O)[C@H]21. The van der Waals surface area contributed by atoms with E-state index in [9.17, 15) is 19.8 Å². The molecule has 0 spiro atoms. The number of hydrogen-bond donors (Lipinski definition) is 2. The molecule has 0 radical (unpaired) electrons. The molecular formula is C24H34O8. The second-order valence-electron chi connectivity index (χ2n) is 10.4. The minimum atomic E-state index is -1.63. The molecule has 1 aromatic rings. The standard InChI is InChI=1S/C24H34O8/c1-12(25)31-20-19-14(11-17-15(8-10-30-17)23(19,5)29-6)18-16(27)7-9-22(3,4)24(18,28)21(20)32-13(2)26/h8,10,14,16,18-21,27-28H,7,9,11H2,1-6H3/t14-,16?,18?,19+,20-,21+,23-,24-/m1/s1. The zero-order valence-electron chi connectivity index (χ0n) is 19.6. The molecule has 0 aliphatic heterocycles. The van der Waals surface area contributed by atoms with Gasteiger partial charge in [-0.05, 0) is 37.2 Å². The molecule has 2 N–H and O–H groups in total. The Morgan fingerprint density at radius 1 is 1.12 bits per heavy atom. The van der Waals surface area contributed by atoms with Crippen LogP contribution >= 0.6 is 0 Å². The van der Waals surface area contributed by atoms with E-state index in [0.717, 1.165) is 11.3 Å². The fraction of sp³-hybridized carbons (Fsp3) is 0.750. The molecule has 1 aromatic heterocycles. The number of esters is 2. The maximum absolute atomic E-state index is 12.4. The monoisotopic (exact) mass is 450 g/mol. The minimum absolute atomic E-state index is 0.339. The van der Waals surface area contributed by atoms with Gasteiger partial charge in [-0.1, -0.05) is 13.8 Å². The Labute approximate surface area is 188 Å². The number of hydrogen-bond acceptors (Lipinski definition) is 8. The zero-order valence-corrected chi connectivity index (χ0v) is 19.6. The first-order valence-corrected chi connectivity index (χ1v) is 11.3. The average molecular weight is 451 g/mol. The summed E-state index contributed by atoms with van der Waals surface area (Å²) in [6.45, 7) is 8.28. The maximum Gasteiger partial charge on any atom is 0.303 e. The van der Waals surface area contributed by atoms with Gasteiger partial charge in [-0.3, -0.25) is 9.59 Å². The average Bonchev–Trinajstić information content (AvgIpc) is 3.17. The number of furan rings is 1. The summed E-state index contributed by atoms with van der Waals surface area (Å²) in [5, 5.41) is 23.6. The van der Waals surface area contributed by atoms with Crippen LogP contribution in [0.3, 0.4) is 0 Å². The van der Waals surface area contributed by atoms with Gasteiger partial charge >= 0.3 is 11.9 Å². The normalized spacial score (nSPS) is 42.2. The Balaban J connectivity index is 1.99. The van der Waals surface area contributed by atoms with Crippen LogP contribution in [-0.4, -0.2) is 53.2 Å². The molecule has 8 atom stereocenters. The van der Waals surface area contributed by atoms with Crippen LogP contribution in [0.5, 0.6) is 0 Å². The summed E-state index contributed by atoms with van der Waals surface area (Å²) >= 11 is 0. The van der Waals surface area contributed by atoms with Gasteiger partial charge in [-0.2, -0.15) is 0 Å². The summed E-state index contributed by atoms with van der Waals surface area (Å²) in [6.07, 6.45) is 0.102. The van der Waals surface area contributed by atoms with Crippen molar-refractivity contribution >= 4 is 11.9 Å². The van der Waals surface area contributed by atoms with E-state index in [2.05, 4.69) is 0 Å². The second kappa shape index (κ2) is 7.57. The van der Waals surface area contributed by atoms with E-state index in [-0.39, 0.29) is 5.92 Å². The lowest BCUT2D eigenvalue weighted by molar-refractivity contribution is -0.317. The third kappa shape index (κ3) is 3.06. The van der Waals surface area contributed by atoms with Crippen LogP contribution in [0.25, 0.3) is 0 Å². The molecule has 8 nitrogen and oxygen atoms in total. The summed E-state index contributed by atoms with van der Waals surface area (Å²) < 4.78 is 23.4. The summed E-state index contributed by atoms with van der Waals surface area (Å²) in [5.74, 6) is -1.87. The quantitative estimate of drug-likeness (QED) is 0.675. The topological polar surface area (TPSA) is 115 Å². The summed E-state index contributed by atoms with van der Waals surface area (Å²) in [7, 11) is 1.58. The molecule has 2 unspecified atom stereocenters. The van der Waals surface area contributed by atoms with Crippen molar-refractivity contribution in [2.45, 2.75) is 83.4 Å². The number of aliphatic hydroxyl groups is 2. The van der Waals surface area contributed by atoms with Gasteiger partial charge in [0.2, 0.25) is 0 Å². The van der Waals surface area contributed by atoms with Gasteiger partial charge in [0.05, 0.1) is 12.4 Å². The van der Waals surface area contributed by atoms with Crippen LogP contribution in [0.4, 0.5) is 0 Å². The Bertz CT molecular complexity index is 906. The van der Waals surface area contributed by atoms with Gasteiger partial charge in [-0.25, -0.2) is 0 Å². The molecule has 8 heteroatoms. The fourth-order valence-electron chi connectivity index (χ4n) is 6.94. The predicted octanol–water partition coefficient (Wildman–Crippen LogP) is 2.33. The van der Waals surface area contributed by atoms with Crippen molar-refractivity contribution in [3.8, 4) is 0 Å². The number of fused-ring (bicyclic) bond motifs is 4. The number of carbonyl (C=O) groups excluding carboxylic acids is 2. The van der Waals surface area contributed by atoms with E-state index in [1.165, 1.54) is 13.8 Å². The Morgan fingerprint density at radius 3 is 2.38 bits per heavy atom. The van der Waals surface area contributed by atoms with Crippen molar-refractivity contribution in [2.24, 2.45) is 23.2 Å². The number of rotatable bonds is 3. The number of aliphatic hydroxyl groups excluding tert-OH is 1. The largest absolute Gasteiger partial charge is 0.469 e.